The molecular weight excluding hydrogens is 420 g/mol. The lowest BCUT2D eigenvalue weighted by Gasteiger charge is -2.11. The number of hydrogen-bond acceptors (Lipinski definition) is 9. The van der Waals surface area contributed by atoms with Gasteiger partial charge < -0.3 is 29.5 Å². The fourth-order valence-corrected chi connectivity index (χ4v) is 4.34. The number of anilines is 1. The van der Waals surface area contributed by atoms with Crippen molar-refractivity contribution in [1.29, 1.82) is 0 Å². The standard InChI is InChI=1S/C20H18N6O4S/c1-22-16(27)4-5-26-19-17(18(21)23-9-24-19)25-20(26)31-15-8-14-13(29-10-30-14)7-11(15)12-3-2-6-28-12/h2-3,6-9H,4-5,10H2,1H3,(H,22,27)(H2,21,23,24). The van der Waals surface area contributed by atoms with Gasteiger partial charge in [0.2, 0.25) is 12.7 Å². The van der Waals surface area contributed by atoms with Crippen molar-refractivity contribution in [2.24, 2.45) is 0 Å². The molecule has 0 bridgehead atoms. The number of nitrogen functional groups attached to an aromatic ring is 1. The van der Waals surface area contributed by atoms with E-state index in [2.05, 4.69) is 20.3 Å². The number of ether oxygens (including phenoxy) is 2. The fraction of sp³-hybridized carbons (Fsp3) is 0.200. The van der Waals surface area contributed by atoms with E-state index in [-0.39, 0.29) is 24.9 Å². The summed E-state index contributed by atoms with van der Waals surface area (Å²) in [5.74, 6) is 2.18. The lowest BCUT2D eigenvalue weighted by Crippen LogP contribution is -2.19. The van der Waals surface area contributed by atoms with Gasteiger partial charge in [-0.1, -0.05) is 11.8 Å². The summed E-state index contributed by atoms with van der Waals surface area (Å²) in [6.07, 6.45) is 3.27. The monoisotopic (exact) mass is 438 g/mol. The highest BCUT2D eigenvalue weighted by molar-refractivity contribution is 7.99. The molecule has 11 heteroatoms. The van der Waals surface area contributed by atoms with Crippen molar-refractivity contribution < 1.29 is 18.7 Å². The van der Waals surface area contributed by atoms with E-state index < -0.39 is 0 Å². The molecular formula is C20H18N6O4S. The molecule has 0 unspecified atom stereocenters. The Bertz CT molecular complexity index is 1270. The fourth-order valence-electron chi connectivity index (χ4n) is 3.28. The van der Waals surface area contributed by atoms with E-state index in [0.29, 0.717) is 40.1 Å². The zero-order valence-electron chi connectivity index (χ0n) is 16.5. The Balaban J connectivity index is 1.61. The molecule has 1 aromatic carbocycles. The van der Waals surface area contributed by atoms with E-state index in [1.165, 1.54) is 18.1 Å². The number of carbonyl (C=O) groups is 1. The van der Waals surface area contributed by atoms with Gasteiger partial charge in [0.15, 0.2) is 33.6 Å². The average molecular weight is 438 g/mol. The first-order chi connectivity index (χ1) is 15.1. The zero-order valence-corrected chi connectivity index (χ0v) is 17.3. The normalized spacial score (nSPS) is 12.4. The van der Waals surface area contributed by atoms with Crippen molar-refractivity contribution in [3.63, 3.8) is 0 Å². The molecule has 4 aromatic rings. The van der Waals surface area contributed by atoms with Crippen molar-refractivity contribution in [3.8, 4) is 22.8 Å². The molecule has 3 N–H and O–H groups in total. The Morgan fingerprint density at radius 1 is 1.29 bits per heavy atom. The number of fused-ring (bicyclic) bond motifs is 2. The second kappa shape index (κ2) is 7.84. The van der Waals surface area contributed by atoms with Gasteiger partial charge in [-0.05, 0) is 24.3 Å². The van der Waals surface area contributed by atoms with Crippen molar-refractivity contribution in [2.45, 2.75) is 23.0 Å². The van der Waals surface area contributed by atoms with Gasteiger partial charge in [0.05, 0.1) is 6.26 Å². The molecule has 3 aromatic heterocycles. The van der Waals surface area contributed by atoms with E-state index in [9.17, 15) is 4.79 Å². The number of nitrogens with zero attached hydrogens (tertiary/aromatic N) is 4. The minimum Gasteiger partial charge on any atom is -0.464 e. The number of hydrogen-bond donors (Lipinski definition) is 2. The van der Waals surface area contributed by atoms with Crippen LogP contribution in [0.15, 0.2) is 51.3 Å². The molecule has 1 aliphatic rings. The molecule has 1 aliphatic heterocycles. The Morgan fingerprint density at radius 2 is 2.13 bits per heavy atom. The first-order valence-corrected chi connectivity index (χ1v) is 10.3. The molecule has 1 amide bonds. The van der Waals surface area contributed by atoms with Crippen LogP contribution in [0.3, 0.4) is 0 Å². The quantitative estimate of drug-likeness (QED) is 0.466. The number of nitrogens with one attached hydrogen (secondary N) is 1. The smallest absolute Gasteiger partial charge is 0.231 e. The third kappa shape index (κ3) is 3.52. The second-order valence-corrected chi connectivity index (χ2v) is 7.69. The van der Waals surface area contributed by atoms with Crippen LogP contribution in [0.5, 0.6) is 11.5 Å². The van der Waals surface area contributed by atoms with E-state index in [0.717, 1.165) is 10.5 Å². The van der Waals surface area contributed by atoms with Crippen LogP contribution in [0.2, 0.25) is 0 Å². The Labute approximate surface area is 180 Å². The molecule has 158 valence electrons. The van der Waals surface area contributed by atoms with Gasteiger partial charge in [0, 0.05) is 30.5 Å². The first kappa shape index (κ1) is 19.2. The second-order valence-electron chi connectivity index (χ2n) is 6.68. The summed E-state index contributed by atoms with van der Waals surface area (Å²) in [6, 6.07) is 7.47. The summed E-state index contributed by atoms with van der Waals surface area (Å²) < 4.78 is 18.6. The van der Waals surface area contributed by atoms with Gasteiger partial charge >= 0.3 is 0 Å². The molecule has 31 heavy (non-hydrogen) atoms. The van der Waals surface area contributed by atoms with Gasteiger partial charge in [-0.15, -0.1) is 0 Å². The number of nitrogens with two attached hydrogens (primary N) is 1. The maximum absolute atomic E-state index is 11.9. The first-order valence-electron chi connectivity index (χ1n) is 9.46. The summed E-state index contributed by atoms with van der Waals surface area (Å²) in [5.41, 5.74) is 7.92. The number of carbonyl (C=O) groups excluding carboxylic acids is 1. The van der Waals surface area contributed by atoms with Gasteiger partial charge in [-0.25, -0.2) is 15.0 Å². The highest BCUT2D eigenvalue weighted by atomic mass is 32.2. The Morgan fingerprint density at radius 3 is 2.90 bits per heavy atom. The van der Waals surface area contributed by atoms with Gasteiger partial charge in [0.25, 0.3) is 0 Å². The van der Waals surface area contributed by atoms with Crippen LogP contribution >= 0.6 is 11.8 Å². The lowest BCUT2D eigenvalue weighted by molar-refractivity contribution is -0.120. The summed E-state index contributed by atoms with van der Waals surface area (Å²) in [5, 5.41) is 3.26. The van der Waals surface area contributed by atoms with E-state index in [4.69, 9.17) is 19.6 Å². The minimum absolute atomic E-state index is 0.0841. The number of rotatable bonds is 6. The number of furan rings is 1. The topological polar surface area (TPSA) is 130 Å². The largest absolute Gasteiger partial charge is 0.464 e. The van der Waals surface area contributed by atoms with Crippen molar-refractivity contribution in [3.05, 3.63) is 36.9 Å². The number of amides is 1. The summed E-state index contributed by atoms with van der Waals surface area (Å²) >= 11 is 1.40. The molecule has 0 spiro atoms. The van der Waals surface area contributed by atoms with E-state index in [1.54, 1.807) is 13.3 Å². The molecule has 0 aliphatic carbocycles. The third-order valence-corrected chi connectivity index (χ3v) is 5.88. The predicted molar refractivity (Wildman–Crippen MR) is 113 cm³/mol. The zero-order chi connectivity index (χ0) is 21.4. The average Bonchev–Trinajstić information content (AvgIpc) is 3.52. The number of benzene rings is 1. The molecule has 0 radical (unpaired) electrons. The number of imidazole rings is 1. The number of aryl methyl sites for hydroxylation is 1. The SMILES string of the molecule is CNC(=O)CCn1c(Sc2cc3c(cc2-c2ccco2)OCO3)nc2c(N)ncnc21. The maximum atomic E-state index is 11.9. The van der Waals surface area contributed by atoms with Gasteiger partial charge in [0.1, 0.15) is 12.1 Å². The highest BCUT2D eigenvalue weighted by Gasteiger charge is 2.23. The molecule has 0 fully saturated rings. The van der Waals surface area contributed by atoms with Crippen molar-refractivity contribution in [2.75, 3.05) is 19.6 Å². The molecule has 0 saturated heterocycles. The molecule has 0 atom stereocenters. The van der Waals surface area contributed by atoms with Crippen LogP contribution in [-0.2, 0) is 11.3 Å². The van der Waals surface area contributed by atoms with Crippen LogP contribution in [0.1, 0.15) is 6.42 Å². The van der Waals surface area contributed by atoms with Crippen LogP contribution in [0.25, 0.3) is 22.5 Å². The van der Waals surface area contributed by atoms with Crippen LogP contribution in [0, 0.1) is 0 Å². The van der Waals surface area contributed by atoms with Crippen LogP contribution in [0.4, 0.5) is 5.82 Å². The summed E-state index contributed by atoms with van der Waals surface area (Å²) in [4.78, 5) is 25.8. The van der Waals surface area contributed by atoms with E-state index >= 15 is 0 Å². The summed E-state index contributed by atoms with van der Waals surface area (Å²) in [6.45, 7) is 0.549. The van der Waals surface area contributed by atoms with Gasteiger partial charge in [-0.3, -0.25) is 4.79 Å². The van der Waals surface area contributed by atoms with E-state index in [1.807, 2.05) is 28.8 Å². The minimum atomic E-state index is -0.0841. The Hall–Kier alpha value is -3.73. The summed E-state index contributed by atoms with van der Waals surface area (Å²) in [7, 11) is 1.60. The molecule has 0 saturated carbocycles. The van der Waals surface area contributed by atoms with Crippen molar-refractivity contribution in [1.82, 2.24) is 24.8 Å². The van der Waals surface area contributed by atoms with Crippen LogP contribution < -0.4 is 20.5 Å². The molecule has 10 nitrogen and oxygen atoms in total. The van der Waals surface area contributed by atoms with Crippen molar-refractivity contribution >= 4 is 34.7 Å². The maximum Gasteiger partial charge on any atom is 0.231 e. The predicted octanol–water partition coefficient (Wildman–Crippen LogP) is 2.68. The molecule has 5 rings (SSSR count). The third-order valence-electron chi connectivity index (χ3n) is 4.83. The molecule has 4 heterocycles. The highest BCUT2D eigenvalue weighted by Crippen LogP contribution is 2.45. The lowest BCUT2D eigenvalue weighted by atomic mass is 10.1. The van der Waals surface area contributed by atoms with Crippen LogP contribution in [-0.4, -0.2) is 39.3 Å². The Kier molecular flexibility index (Phi) is 4.86. The van der Waals surface area contributed by atoms with Gasteiger partial charge in [-0.2, -0.15) is 0 Å². The number of aromatic nitrogens is 4.